The maximum absolute atomic E-state index is 9.08. The van der Waals surface area contributed by atoms with Crippen molar-refractivity contribution in [2.75, 3.05) is 0 Å². The summed E-state index contributed by atoms with van der Waals surface area (Å²) in [6, 6.07) is 0. The molecule has 1 aliphatic rings. The van der Waals surface area contributed by atoms with Crippen molar-refractivity contribution >= 4 is 11.9 Å². The number of hydrogen-bond acceptors (Lipinski definition) is 4. The van der Waals surface area contributed by atoms with E-state index < -0.39 is 24.1 Å². The maximum atomic E-state index is 9.08. The summed E-state index contributed by atoms with van der Waals surface area (Å²) in [6.45, 7) is 3.96. The average molecular weight is 246 g/mol. The standard InChI is InChI=1S/C7H10O2.2C2H4O2/c1-5-3-2-4-6(8)7(5)9;2*1-2(3)4/h2-4,6-9H,1H3;2*1H3,(H,3,4). The number of aliphatic carboxylic acids is 2. The fourth-order valence-electron chi connectivity index (χ4n) is 0.794. The molecule has 0 saturated carbocycles. The van der Waals surface area contributed by atoms with Crippen LogP contribution in [-0.4, -0.2) is 44.6 Å². The second-order valence-electron chi connectivity index (χ2n) is 3.27. The molecule has 0 fully saturated rings. The third-order valence-electron chi connectivity index (χ3n) is 1.46. The number of carboxylic acids is 2. The Bertz CT molecular complexity index is 285. The Kier molecular flexibility index (Phi) is 9.97. The van der Waals surface area contributed by atoms with Gasteiger partial charge in [0.2, 0.25) is 0 Å². The van der Waals surface area contributed by atoms with Crippen molar-refractivity contribution in [2.45, 2.75) is 33.0 Å². The third kappa shape index (κ3) is 14.3. The molecule has 0 amide bonds. The predicted molar refractivity (Wildman–Crippen MR) is 61.5 cm³/mol. The zero-order chi connectivity index (χ0) is 14.0. The molecule has 4 N–H and O–H groups in total. The lowest BCUT2D eigenvalue weighted by Crippen LogP contribution is -2.26. The van der Waals surface area contributed by atoms with Crippen LogP contribution in [0.3, 0.4) is 0 Å². The lowest BCUT2D eigenvalue weighted by atomic mass is 10.0. The van der Waals surface area contributed by atoms with Gasteiger partial charge in [-0.2, -0.15) is 0 Å². The van der Waals surface area contributed by atoms with E-state index in [-0.39, 0.29) is 0 Å². The van der Waals surface area contributed by atoms with E-state index in [0.29, 0.717) is 0 Å². The van der Waals surface area contributed by atoms with Gasteiger partial charge < -0.3 is 20.4 Å². The van der Waals surface area contributed by atoms with Crippen molar-refractivity contribution < 1.29 is 30.0 Å². The van der Waals surface area contributed by atoms with Crippen molar-refractivity contribution in [3.05, 3.63) is 23.8 Å². The normalized spacial score (nSPS) is 21.1. The molecule has 0 aromatic heterocycles. The highest BCUT2D eigenvalue weighted by Crippen LogP contribution is 2.11. The highest BCUT2D eigenvalue weighted by Gasteiger charge is 2.16. The number of carbonyl (C=O) groups is 2. The molecule has 0 aliphatic heterocycles. The smallest absolute Gasteiger partial charge is 0.300 e. The number of carboxylic acid groups (broad SMARTS) is 2. The summed E-state index contributed by atoms with van der Waals surface area (Å²) in [5.41, 5.74) is 0.810. The quantitative estimate of drug-likeness (QED) is 0.492. The molecule has 2 unspecified atom stereocenters. The van der Waals surface area contributed by atoms with Crippen LogP contribution < -0.4 is 0 Å². The fraction of sp³-hybridized carbons (Fsp3) is 0.455. The van der Waals surface area contributed by atoms with Crippen molar-refractivity contribution in [2.24, 2.45) is 0 Å². The van der Waals surface area contributed by atoms with E-state index in [9.17, 15) is 0 Å². The molecule has 0 spiro atoms. The first kappa shape index (κ1) is 17.7. The molecule has 0 aromatic carbocycles. The lowest BCUT2D eigenvalue weighted by molar-refractivity contribution is -0.135. The SMILES string of the molecule is CC(=O)O.CC(=O)O.CC1=CC=CC(O)C1O. The molecule has 98 valence electrons. The zero-order valence-corrected chi connectivity index (χ0v) is 9.99. The van der Waals surface area contributed by atoms with E-state index in [1.165, 1.54) is 0 Å². The highest BCUT2D eigenvalue weighted by molar-refractivity contribution is 5.63. The van der Waals surface area contributed by atoms with Crippen LogP contribution in [0, 0.1) is 0 Å². The Balaban J connectivity index is 0. The topological polar surface area (TPSA) is 115 Å². The van der Waals surface area contributed by atoms with Gasteiger partial charge in [-0.25, -0.2) is 0 Å². The van der Waals surface area contributed by atoms with Gasteiger partial charge in [0.15, 0.2) is 0 Å². The highest BCUT2D eigenvalue weighted by atomic mass is 16.4. The van der Waals surface area contributed by atoms with E-state index in [4.69, 9.17) is 30.0 Å². The van der Waals surface area contributed by atoms with E-state index in [1.54, 1.807) is 25.2 Å². The van der Waals surface area contributed by atoms with Gasteiger partial charge in [-0.1, -0.05) is 18.2 Å². The van der Waals surface area contributed by atoms with E-state index >= 15 is 0 Å². The molecular weight excluding hydrogens is 228 g/mol. The van der Waals surface area contributed by atoms with Gasteiger partial charge in [-0.05, 0) is 12.5 Å². The summed E-state index contributed by atoms with van der Waals surface area (Å²) in [5.74, 6) is -1.67. The van der Waals surface area contributed by atoms with Gasteiger partial charge in [0.25, 0.3) is 11.9 Å². The van der Waals surface area contributed by atoms with Gasteiger partial charge in [-0.15, -0.1) is 0 Å². The van der Waals surface area contributed by atoms with Crippen LogP contribution >= 0.6 is 0 Å². The van der Waals surface area contributed by atoms with E-state index in [1.807, 2.05) is 0 Å². The van der Waals surface area contributed by atoms with Gasteiger partial charge in [0.1, 0.15) is 12.2 Å². The summed E-state index contributed by atoms with van der Waals surface area (Å²) < 4.78 is 0. The maximum Gasteiger partial charge on any atom is 0.300 e. The molecule has 17 heavy (non-hydrogen) atoms. The first-order chi connectivity index (χ1) is 7.68. The molecule has 1 rings (SSSR count). The predicted octanol–water partition coefficient (Wildman–Crippen LogP) is 0.406. The molecule has 0 aromatic rings. The van der Waals surface area contributed by atoms with Crippen LogP contribution in [0.2, 0.25) is 0 Å². The minimum absolute atomic E-state index is 0.699. The monoisotopic (exact) mass is 246 g/mol. The van der Waals surface area contributed by atoms with Gasteiger partial charge in [-0.3, -0.25) is 9.59 Å². The van der Waals surface area contributed by atoms with Crippen LogP contribution in [0.1, 0.15) is 20.8 Å². The van der Waals surface area contributed by atoms with Gasteiger partial charge in [0.05, 0.1) is 0 Å². The van der Waals surface area contributed by atoms with Crippen LogP contribution in [-0.2, 0) is 9.59 Å². The molecule has 0 bridgehead atoms. The van der Waals surface area contributed by atoms with E-state index in [0.717, 1.165) is 19.4 Å². The van der Waals surface area contributed by atoms with Gasteiger partial charge >= 0.3 is 0 Å². The fourth-order valence-corrected chi connectivity index (χ4v) is 0.794. The molecule has 6 heteroatoms. The summed E-state index contributed by atoms with van der Waals surface area (Å²) in [5, 5.41) is 32.9. The summed E-state index contributed by atoms with van der Waals surface area (Å²) >= 11 is 0. The van der Waals surface area contributed by atoms with Crippen molar-refractivity contribution in [1.29, 1.82) is 0 Å². The van der Waals surface area contributed by atoms with Crippen LogP contribution in [0.15, 0.2) is 23.8 Å². The molecule has 0 radical (unpaired) electrons. The van der Waals surface area contributed by atoms with Crippen molar-refractivity contribution in [1.82, 2.24) is 0 Å². The Morgan fingerprint density at radius 2 is 1.47 bits per heavy atom. The molecular formula is C11H18O6. The largest absolute Gasteiger partial charge is 0.481 e. The minimum Gasteiger partial charge on any atom is -0.481 e. The van der Waals surface area contributed by atoms with Crippen LogP contribution in [0.4, 0.5) is 0 Å². The summed E-state index contributed by atoms with van der Waals surface area (Å²) in [4.78, 5) is 18.0. The number of allylic oxidation sites excluding steroid dienone is 2. The Morgan fingerprint density at radius 1 is 1.12 bits per heavy atom. The van der Waals surface area contributed by atoms with Crippen molar-refractivity contribution in [3.63, 3.8) is 0 Å². The first-order valence-electron chi connectivity index (χ1n) is 4.78. The lowest BCUT2D eigenvalue weighted by Gasteiger charge is -2.17. The van der Waals surface area contributed by atoms with Crippen LogP contribution in [0.5, 0.6) is 0 Å². The van der Waals surface area contributed by atoms with Gasteiger partial charge in [0, 0.05) is 13.8 Å². The molecule has 0 heterocycles. The molecule has 2 atom stereocenters. The average Bonchev–Trinajstić information content (AvgIpc) is 2.12. The number of hydrogen-bond donors (Lipinski definition) is 4. The molecule has 6 nitrogen and oxygen atoms in total. The molecule has 0 saturated heterocycles. The summed E-state index contributed by atoms with van der Waals surface area (Å²) in [6.07, 6.45) is 3.69. The van der Waals surface area contributed by atoms with E-state index in [2.05, 4.69) is 0 Å². The third-order valence-corrected chi connectivity index (χ3v) is 1.46. The second-order valence-corrected chi connectivity index (χ2v) is 3.27. The number of aliphatic hydroxyl groups is 2. The number of aliphatic hydroxyl groups excluding tert-OH is 2. The summed E-state index contributed by atoms with van der Waals surface area (Å²) in [7, 11) is 0. The Hall–Kier alpha value is -1.66. The second kappa shape index (κ2) is 9.56. The van der Waals surface area contributed by atoms with Crippen LogP contribution in [0.25, 0.3) is 0 Å². The zero-order valence-electron chi connectivity index (χ0n) is 9.99. The number of rotatable bonds is 0. The minimum atomic E-state index is -0.833. The molecule has 1 aliphatic carbocycles. The van der Waals surface area contributed by atoms with Crippen molar-refractivity contribution in [3.8, 4) is 0 Å². The first-order valence-corrected chi connectivity index (χ1v) is 4.78. The Morgan fingerprint density at radius 3 is 1.71 bits per heavy atom. The Labute approximate surface area is 99.5 Å².